The Kier molecular flexibility index (Phi) is 5.95. The predicted molar refractivity (Wildman–Crippen MR) is 128 cm³/mol. The maximum atomic E-state index is 15.0. The molecule has 1 aliphatic rings. The van der Waals surface area contributed by atoms with E-state index < -0.39 is 22.8 Å². The van der Waals surface area contributed by atoms with Gasteiger partial charge >= 0.3 is 0 Å². The number of rotatable bonds is 5. The third-order valence-electron chi connectivity index (χ3n) is 5.73. The first kappa shape index (κ1) is 23.2. The number of fused-ring (bicyclic) bond motifs is 1. The molecular formula is C25H20F2N6O3. The summed E-state index contributed by atoms with van der Waals surface area (Å²) < 4.78 is 41.1. The Balaban J connectivity index is 1.43. The highest BCUT2D eigenvalue weighted by molar-refractivity contribution is 5.98. The van der Waals surface area contributed by atoms with Crippen LogP contribution in [0, 0.1) is 28.4 Å². The highest BCUT2D eigenvalue weighted by Crippen LogP contribution is 2.38. The largest absolute Gasteiger partial charge is 0.464 e. The minimum atomic E-state index is -0.934. The average Bonchev–Trinajstić information content (AvgIpc) is 3.33. The van der Waals surface area contributed by atoms with E-state index >= 15 is 0 Å². The van der Waals surface area contributed by atoms with Crippen molar-refractivity contribution in [2.75, 3.05) is 25.1 Å². The molecule has 0 fully saturated rings. The molecule has 36 heavy (non-hydrogen) atoms. The molecule has 0 bridgehead atoms. The van der Waals surface area contributed by atoms with E-state index in [4.69, 9.17) is 14.7 Å². The van der Waals surface area contributed by atoms with Gasteiger partial charge in [-0.1, -0.05) is 6.92 Å². The molecule has 4 aromatic rings. The van der Waals surface area contributed by atoms with E-state index in [-0.39, 0.29) is 36.4 Å². The van der Waals surface area contributed by atoms with E-state index in [9.17, 15) is 13.9 Å². The third kappa shape index (κ3) is 4.42. The van der Waals surface area contributed by atoms with Crippen LogP contribution >= 0.6 is 0 Å². The number of hydrogen-bond donors (Lipinski definition) is 3. The molecule has 182 valence electrons. The number of nitriles is 1. The van der Waals surface area contributed by atoms with Crippen molar-refractivity contribution in [2.24, 2.45) is 10.4 Å². The minimum Gasteiger partial charge on any atom is -0.464 e. The van der Waals surface area contributed by atoms with Crippen molar-refractivity contribution in [1.82, 2.24) is 15.0 Å². The van der Waals surface area contributed by atoms with Gasteiger partial charge in [0.05, 0.1) is 18.5 Å². The second-order valence-electron chi connectivity index (χ2n) is 8.65. The number of hydrogen-bond acceptors (Lipinski definition) is 8. The van der Waals surface area contributed by atoms with E-state index in [1.54, 1.807) is 18.3 Å². The van der Waals surface area contributed by atoms with E-state index in [2.05, 4.69) is 25.3 Å². The fourth-order valence-corrected chi connectivity index (χ4v) is 3.69. The molecule has 0 saturated carbocycles. The van der Waals surface area contributed by atoms with Crippen LogP contribution < -0.4 is 10.1 Å². The van der Waals surface area contributed by atoms with E-state index in [1.807, 2.05) is 13.0 Å². The van der Waals surface area contributed by atoms with Crippen LogP contribution in [0.5, 0.6) is 11.5 Å². The predicted octanol–water partition coefficient (Wildman–Crippen LogP) is 4.36. The summed E-state index contributed by atoms with van der Waals surface area (Å²) in [5.74, 6) is -2.27. The van der Waals surface area contributed by atoms with Crippen molar-refractivity contribution in [1.29, 1.82) is 5.26 Å². The topological polar surface area (TPSA) is 128 Å². The lowest BCUT2D eigenvalue weighted by Crippen LogP contribution is -2.38. The number of ether oxygens (including phenoxy) is 2. The Hall–Kier alpha value is -4.56. The Morgan fingerprint density at radius 2 is 2.06 bits per heavy atom. The molecule has 0 radical (unpaired) electrons. The number of pyridine rings is 2. The Labute approximate surface area is 204 Å². The number of benzene rings is 1. The molecule has 0 spiro atoms. The Bertz CT molecular complexity index is 1490. The SMILES string of the molecule is C[C@]1(CO)CN=C(Nc2cc(F)c(Oc3ccnc4[nH]cc(-c5ccc(C#N)nc5)c34)c(F)c2)OC1. The number of nitrogens with zero attached hydrogens (tertiary/aromatic N) is 4. The molecule has 1 aliphatic heterocycles. The van der Waals surface area contributed by atoms with Gasteiger partial charge in [0.25, 0.3) is 6.02 Å². The van der Waals surface area contributed by atoms with Crippen LogP contribution in [-0.4, -0.2) is 45.8 Å². The van der Waals surface area contributed by atoms with E-state index in [1.165, 1.54) is 18.5 Å². The first-order valence-corrected chi connectivity index (χ1v) is 10.9. The van der Waals surface area contributed by atoms with Crippen molar-refractivity contribution in [3.8, 4) is 28.7 Å². The zero-order valence-electron chi connectivity index (χ0n) is 19.0. The van der Waals surface area contributed by atoms with Crippen LogP contribution in [0.15, 0.2) is 53.9 Å². The first-order chi connectivity index (χ1) is 17.4. The number of anilines is 1. The number of H-pyrrole nitrogens is 1. The lowest BCUT2D eigenvalue weighted by molar-refractivity contribution is 0.0706. The van der Waals surface area contributed by atoms with Gasteiger partial charge in [-0.05, 0) is 18.2 Å². The lowest BCUT2D eigenvalue weighted by atomic mass is 9.93. The Morgan fingerprint density at radius 1 is 1.25 bits per heavy atom. The van der Waals surface area contributed by atoms with Crippen LogP contribution in [0.25, 0.3) is 22.2 Å². The summed E-state index contributed by atoms with van der Waals surface area (Å²) in [4.78, 5) is 15.5. The van der Waals surface area contributed by atoms with Gasteiger partial charge < -0.3 is 24.9 Å². The summed E-state index contributed by atoms with van der Waals surface area (Å²) in [6.45, 7) is 2.26. The monoisotopic (exact) mass is 490 g/mol. The molecule has 0 aliphatic carbocycles. The highest BCUT2D eigenvalue weighted by Gasteiger charge is 2.29. The van der Waals surface area contributed by atoms with Gasteiger partial charge in [0.1, 0.15) is 29.8 Å². The number of aliphatic hydroxyl groups is 1. The van der Waals surface area contributed by atoms with Crippen molar-refractivity contribution in [3.05, 3.63) is 66.3 Å². The van der Waals surface area contributed by atoms with Crippen LogP contribution in [-0.2, 0) is 4.74 Å². The van der Waals surface area contributed by atoms with Crippen LogP contribution in [0.3, 0.4) is 0 Å². The number of aliphatic hydroxyl groups excluding tert-OH is 1. The van der Waals surface area contributed by atoms with Crippen LogP contribution in [0.4, 0.5) is 14.5 Å². The zero-order chi connectivity index (χ0) is 25.3. The summed E-state index contributed by atoms with van der Waals surface area (Å²) in [6, 6.07) is 9.01. The average molecular weight is 490 g/mol. The molecule has 1 atom stereocenters. The van der Waals surface area contributed by atoms with Crippen molar-refractivity contribution in [3.63, 3.8) is 0 Å². The normalized spacial score (nSPS) is 17.2. The van der Waals surface area contributed by atoms with Crippen LogP contribution in [0.1, 0.15) is 12.6 Å². The molecule has 4 heterocycles. The second kappa shape index (κ2) is 9.24. The minimum absolute atomic E-state index is 0.0914. The van der Waals surface area contributed by atoms with Gasteiger partial charge in [0.2, 0.25) is 0 Å². The number of halogens is 2. The second-order valence-corrected chi connectivity index (χ2v) is 8.65. The molecule has 5 rings (SSSR count). The van der Waals surface area contributed by atoms with Gasteiger partial charge in [0, 0.05) is 53.0 Å². The van der Waals surface area contributed by atoms with Gasteiger partial charge in [-0.15, -0.1) is 0 Å². The molecule has 0 unspecified atom stereocenters. The zero-order valence-corrected chi connectivity index (χ0v) is 19.0. The molecule has 0 saturated heterocycles. The summed E-state index contributed by atoms with van der Waals surface area (Å²) in [5, 5.41) is 21.6. The quantitative estimate of drug-likeness (QED) is 0.379. The standard InChI is InChI=1S/C25H20F2N6O3/c1-25(12-34)11-32-24(35-13-25)33-16-6-18(26)22(19(27)7-16)36-20-4-5-29-23-21(20)17(10-31-23)14-2-3-15(8-28)30-9-14/h2-7,9-10,34H,11-13H2,1H3,(H,29,31)(H,32,33)/t25-/m1/s1. The fourth-order valence-electron chi connectivity index (χ4n) is 3.69. The maximum Gasteiger partial charge on any atom is 0.289 e. The summed E-state index contributed by atoms with van der Waals surface area (Å²) >= 11 is 0. The number of aromatic nitrogens is 3. The molecule has 3 aromatic heterocycles. The molecule has 0 amide bonds. The number of nitrogens with one attached hydrogen (secondary N) is 2. The van der Waals surface area contributed by atoms with E-state index in [0.29, 0.717) is 28.7 Å². The lowest BCUT2D eigenvalue weighted by Gasteiger charge is -2.30. The number of amidine groups is 1. The summed E-state index contributed by atoms with van der Waals surface area (Å²) in [7, 11) is 0. The summed E-state index contributed by atoms with van der Waals surface area (Å²) in [6.07, 6.45) is 4.66. The maximum absolute atomic E-state index is 15.0. The fraction of sp³-hybridized carbons (Fsp3) is 0.200. The van der Waals surface area contributed by atoms with Gasteiger partial charge in [-0.25, -0.2) is 23.7 Å². The van der Waals surface area contributed by atoms with Crippen molar-refractivity contribution in [2.45, 2.75) is 6.92 Å². The molecule has 3 N–H and O–H groups in total. The summed E-state index contributed by atoms with van der Waals surface area (Å²) in [5.41, 5.74) is 1.62. The first-order valence-electron chi connectivity index (χ1n) is 10.9. The highest BCUT2D eigenvalue weighted by atomic mass is 19.1. The smallest absolute Gasteiger partial charge is 0.289 e. The molecule has 9 nitrogen and oxygen atoms in total. The van der Waals surface area contributed by atoms with Gasteiger partial charge in [0.15, 0.2) is 17.4 Å². The molecular weight excluding hydrogens is 470 g/mol. The number of aromatic amines is 1. The van der Waals surface area contributed by atoms with Gasteiger partial charge in [-0.3, -0.25) is 0 Å². The van der Waals surface area contributed by atoms with Crippen molar-refractivity contribution < 1.29 is 23.4 Å². The number of aliphatic imine (C=N–C) groups is 1. The Morgan fingerprint density at radius 3 is 2.69 bits per heavy atom. The van der Waals surface area contributed by atoms with Crippen molar-refractivity contribution >= 4 is 22.7 Å². The molecule has 1 aromatic carbocycles. The van der Waals surface area contributed by atoms with Gasteiger partial charge in [-0.2, -0.15) is 5.26 Å². The van der Waals surface area contributed by atoms with E-state index in [0.717, 1.165) is 12.1 Å². The molecule has 11 heteroatoms. The van der Waals surface area contributed by atoms with Crippen LogP contribution in [0.2, 0.25) is 0 Å². The third-order valence-corrected chi connectivity index (χ3v) is 5.73.